The highest BCUT2D eigenvalue weighted by Crippen LogP contribution is 2.47. The van der Waals surface area contributed by atoms with Crippen LogP contribution < -0.4 is 9.64 Å². The molecule has 3 atom stereocenters. The van der Waals surface area contributed by atoms with Crippen LogP contribution in [0.3, 0.4) is 0 Å². The number of nitrogens with zero attached hydrogens (tertiary/aromatic N) is 5. The number of aliphatic hydroxyl groups is 1. The van der Waals surface area contributed by atoms with Crippen molar-refractivity contribution in [3.8, 4) is 35.4 Å². The number of benzene rings is 2. The Bertz CT molecular complexity index is 1880. The van der Waals surface area contributed by atoms with Gasteiger partial charge in [-0.15, -0.1) is 6.42 Å². The molecule has 240 valence electrons. The second-order valence-corrected chi connectivity index (χ2v) is 13.3. The summed E-state index contributed by atoms with van der Waals surface area (Å²) in [7, 11) is 2.16. The number of ether oxygens (including phenoxy) is 2. The van der Waals surface area contributed by atoms with E-state index in [4.69, 9.17) is 20.9 Å². The molecule has 2 aliphatic heterocycles. The molecular formula is C35H37F2N5O4. The number of halogens is 2. The van der Waals surface area contributed by atoms with Gasteiger partial charge in [0, 0.05) is 35.1 Å². The monoisotopic (exact) mass is 629 g/mol. The summed E-state index contributed by atoms with van der Waals surface area (Å²) in [5.74, 6) is 1.14. The third-order valence-electron chi connectivity index (χ3n) is 9.91. The summed E-state index contributed by atoms with van der Waals surface area (Å²) in [6, 6.07) is 5.87. The highest BCUT2D eigenvalue weighted by molar-refractivity contribution is 6.03. The van der Waals surface area contributed by atoms with Crippen LogP contribution in [0.5, 0.6) is 11.8 Å². The Balaban J connectivity index is 1.39. The number of rotatable bonds is 5. The van der Waals surface area contributed by atoms with Crippen LogP contribution in [0.1, 0.15) is 44.6 Å². The number of hydrogen-bond acceptors (Lipinski definition) is 9. The summed E-state index contributed by atoms with van der Waals surface area (Å²) < 4.78 is 43.7. The molecule has 0 spiro atoms. The van der Waals surface area contributed by atoms with Gasteiger partial charge in [-0.25, -0.2) is 8.78 Å². The Labute approximate surface area is 266 Å². The van der Waals surface area contributed by atoms with E-state index in [9.17, 15) is 14.6 Å². The number of aromatic nitrogens is 3. The molecule has 11 heteroatoms. The summed E-state index contributed by atoms with van der Waals surface area (Å²) in [5, 5.41) is 22.5. The Morgan fingerprint density at radius 3 is 2.83 bits per heavy atom. The molecule has 1 unspecified atom stereocenters. The first-order valence-corrected chi connectivity index (χ1v) is 15.8. The van der Waals surface area contributed by atoms with E-state index in [1.165, 1.54) is 30.5 Å². The van der Waals surface area contributed by atoms with Crippen molar-refractivity contribution < 1.29 is 28.5 Å². The summed E-state index contributed by atoms with van der Waals surface area (Å²) in [5.41, 5.74) is -1.35. The number of β-amino-alcohol motifs (C(OH)–C–C–N with tert-alkyl or cyclic N) is 1. The summed E-state index contributed by atoms with van der Waals surface area (Å²) in [6.07, 6.45) is 12.5. The SMILES string of the molecule is C#Cc1c(F)ccc2cc(O)cc(-c3ncc4c(N5CCOCC(C)(O)C5)nc(OC[C@]56CCC[C@H]5N(C)CCC6)nc4c3F)c12. The average molecular weight is 630 g/mol. The molecule has 3 aliphatic rings. The van der Waals surface area contributed by atoms with E-state index in [1.807, 2.05) is 4.90 Å². The molecule has 2 aromatic heterocycles. The van der Waals surface area contributed by atoms with Gasteiger partial charge in [-0.3, -0.25) is 4.98 Å². The van der Waals surface area contributed by atoms with Gasteiger partial charge in [0.2, 0.25) is 0 Å². The van der Waals surface area contributed by atoms with Gasteiger partial charge in [0.25, 0.3) is 0 Å². The Kier molecular flexibility index (Phi) is 7.70. The van der Waals surface area contributed by atoms with Crippen molar-refractivity contribution in [1.29, 1.82) is 0 Å². The molecule has 2 saturated heterocycles. The molecule has 1 saturated carbocycles. The number of phenols is 1. The molecule has 0 amide bonds. The normalized spacial score (nSPS) is 25.4. The molecule has 4 heterocycles. The smallest absolute Gasteiger partial charge is 0.319 e. The van der Waals surface area contributed by atoms with E-state index in [0.717, 1.165) is 38.6 Å². The zero-order valence-corrected chi connectivity index (χ0v) is 26.0. The molecule has 7 rings (SSSR count). The maximum absolute atomic E-state index is 16.8. The van der Waals surface area contributed by atoms with Gasteiger partial charge in [-0.05, 0) is 69.8 Å². The van der Waals surface area contributed by atoms with E-state index in [1.54, 1.807) is 6.92 Å². The van der Waals surface area contributed by atoms with Crippen LogP contribution in [0.4, 0.5) is 14.6 Å². The number of pyridine rings is 1. The molecule has 46 heavy (non-hydrogen) atoms. The fourth-order valence-corrected chi connectivity index (χ4v) is 7.84. The zero-order valence-electron chi connectivity index (χ0n) is 26.0. The zero-order chi connectivity index (χ0) is 32.2. The van der Waals surface area contributed by atoms with Crippen LogP contribution >= 0.6 is 0 Å². The van der Waals surface area contributed by atoms with E-state index in [2.05, 4.69) is 27.8 Å². The largest absolute Gasteiger partial charge is 0.508 e. The number of hydrogen-bond donors (Lipinski definition) is 2. The maximum atomic E-state index is 16.8. The fraction of sp³-hybridized carbons (Fsp3) is 0.457. The topological polar surface area (TPSA) is 104 Å². The van der Waals surface area contributed by atoms with Gasteiger partial charge in [-0.2, -0.15) is 9.97 Å². The number of phenolic OH excluding ortho intramolecular Hbond substituents is 1. The van der Waals surface area contributed by atoms with Crippen molar-refractivity contribution >= 4 is 27.5 Å². The van der Waals surface area contributed by atoms with Crippen molar-refractivity contribution in [2.24, 2.45) is 5.41 Å². The van der Waals surface area contributed by atoms with Crippen molar-refractivity contribution in [2.45, 2.75) is 50.7 Å². The van der Waals surface area contributed by atoms with Crippen LogP contribution in [0.15, 0.2) is 30.5 Å². The lowest BCUT2D eigenvalue weighted by molar-refractivity contribution is -0.0123. The molecule has 0 bridgehead atoms. The first-order chi connectivity index (χ1) is 22.1. The van der Waals surface area contributed by atoms with E-state index < -0.39 is 17.2 Å². The number of aromatic hydroxyl groups is 1. The van der Waals surface area contributed by atoms with Gasteiger partial charge >= 0.3 is 6.01 Å². The highest BCUT2D eigenvalue weighted by atomic mass is 19.1. The molecule has 2 aromatic carbocycles. The summed E-state index contributed by atoms with van der Waals surface area (Å²) >= 11 is 0. The molecule has 9 nitrogen and oxygen atoms in total. The van der Waals surface area contributed by atoms with Crippen LogP contribution in [-0.4, -0.2) is 88.2 Å². The minimum Gasteiger partial charge on any atom is -0.508 e. The lowest BCUT2D eigenvalue weighted by atomic mass is 9.76. The van der Waals surface area contributed by atoms with Gasteiger partial charge in [-0.1, -0.05) is 18.4 Å². The molecular weight excluding hydrogens is 592 g/mol. The van der Waals surface area contributed by atoms with Crippen LogP contribution in [0.25, 0.3) is 32.9 Å². The molecule has 2 N–H and O–H groups in total. The lowest BCUT2D eigenvalue weighted by Gasteiger charge is -2.44. The molecule has 1 aliphatic carbocycles. The third-order valence-corrected chi connectivity index (χ3v) is 9.91. The molecule has 0 radical (unpaired) electrons. The predicted octanol–water partition coefficient (Wildman–Crippen LogP) is 5.04. The quantitative estimate of drug-likeness (QED) is 0.294. The first-order valence-electron chi connectivity index (χ1n) is 15.8. The van der Waals surface area contributed by atoms with Crippen molar-refractivity contribution in [3.63, 3.8) is 0 Å². The molecule has 3 fully saturated rings. The summed E-state index contributed by atoms with van der Waals surface area (Å²) in [4.78, 5) is 18.1. The van der Waals surface area contributed by atoms with Crippen LogP contribution in [0, 0.1) is 29.4 Å². The minimum absolute atomic E-state index is 0.0211. The summed E-state index contributed by atoms with van der Waals surface area (Å²) in [6.45, 7) is 4.18. The van der Waals surface area contributed by atoms with Crippen molar-refractivity contribution in [2.75, 3.05) is 51.4 Å². The molecule has 4 aromatic rings. The third kappa shape index (κ3) is 5.28. The Hall–Kier alpha value is -4.11. The van der Waals surface area contributed by atoms with Crippen molar-refractivity contribution in [3.05, 3.63) is 47.7 Å². The van der Waals surface area contributed by atoms with Gasteiger partial charge in [0.05, 0.1) is 37.3 Å². The van der Waals surface area contributed by atoms with Gasteiger partial charge in [0.15, 0.2) is 5.82 Å². The Morgan fingerprint density at radius 1 is 1.17 bits per heavy atom. The number of piperidine rings is 1. The fourth-order valence-electron chi connectivity index (χ4n) is 7.84. The van der Waals surface area contributed by atoms with Crippen LogP contribution in [-0.2, 0) is 4.74 Å². The van der Waals surface area contributed by atoms with E-state index in [0.29, 0.717) is 42.4 Å². The van der Waals surface area contributed by atoms with Gasteiger partial charge < -0.3 is 29.5 Å². The van der Waals surface area contributed by atoms with Gasteiger partial charge in [0.1, 0.15) is 34.2 Å². The second-order valence-electron chi connectivity index (χ2n) is 13.3. The predicted molar refractivity (Wildman–Crippen MR) is 171 cm³/mol. The number of likely N-dealkylation sites (tertiary alicyclic amines) is 1. The maximum Gasteiger partial charge on any atom is 0.319 e. The number of anilines is 1. The second kappa shape index (κ2) is 11.6. The number of fused-ring (bicyclic) bond motifs is 3. The van der Waals surface area contributed by atoms with Crippen molar-refractivity contribution in [1.82, 2.24) is 19.9 Å². The lowest BCUT2D eigenvalue weighted by Crippen LogP contribution is -2.50. The first kappa shape index (κ1) is 30.5. The average Bonchev–Trinajstić information content (AvgIpc) is 3.38. The highest BCUT2D eigenvalue weighted by Gasteiger charge is 2.47. The van der Waals surface area contributed by atoms with E-state index >= 15 is 4.39 Å². The van der Waals surface area contributed by atoms with Crippen LogP contribution in [0.2, 0.25) is 0 Å². The minimum atomic E-state index is -1.18. The standard InChI is InChI=1S/C35H37F2N5O4/c1-4-23-26(36)9-8-21-15-22(43)16-24(28(21)23)30-29(37)31-25(17-38-30)32(42-13-14-45-19-34(2,44)18-42)40-33(39-31)46-20-35-10-5-7-27(35)41(3)12-6-11-35/h1,8-9,15-17,27,43-44H,5-7,10-14,18-20H2,2-3H3/t27-,34?,35-/m1/s1. The number of terminal acetylenes is 1. The van der Waals surface area contributed by atoms with E-state index in [-0.39, 0.29) is 58.1 Å². The Morgan fingerprint density at radius 2 is 2.00 bits per heavy atom.